The Labute approximate surface area is 203 Å². The summed E-state index contributed by atoms with van der Waals surface area (Å²) in [4.78, 5) is 12.9. The molecule has 2 aromatic rings. The monoisotopic (exact) mass is 467 g/mol. The number of aryl methyl sites for hydroxylation is 1. The topological polar surface area (TPSA) is 56.8 Å². The van der Waals surface area contributed by atoms with Crippen molar-refractivity contribution >= 4 is 5.91 Å². The third-order valence-corrected chi connectivity index (χ3v) is 7.18. The van der Waals surface area contributed by atoms with Crippen molar-refractivity contribution in [1.82, 2.24) is 5.32 Å². The van der Waals surface area contributed by atoms with Gasteiger partial charge in [0.1, 0.15) is 19.0 Å². The Morgan fingerprint density at radius 2 is 1.71 bits per heavy atom. The first-order chi connectivity index (χ1) is 16.6. The number of rotatable bonds is 11. The number of amides is 1. The molecule has 1 atom stereocenters. The first-order valence-corrected chi connectivity index (χ1v) is 12.8. The van der Waals surface area contributed by atoms with E-state index in [-0.39, 0.29) is 11.9 Å². The van der Waals surface area contributed by atoms with E-state index in [2.05, 4.69) is 43.4 Å². The smallest absolute Gasteiger partial charge is 0.223 e. The predicted octanol–water partition coefficient (Wildman–Crippen LogP) is 4.15. The molecule has 6 heteroatoms. The van der Waals surface area contributed by atoms with Crippen LogP contribution in [0.5, 0.6) is 17.2 Å². The fourth-order valence-electron chi connectivity index (χ4n) is 5.14. The highest BCUT2D eigenvalue weighted by Crippen LogP contribution is 2.31. The van der Waals surface area contributed by atoms with Crippen LogP contribution in [-0.4, -0.2) is 62.4 Å². The number of nitrogens with one attached hydrogen (secondary N) is 1. The van der Waals surface area contributed by atoms with Gasteiger partial charge < -0.3 is 24.0 Å². The van der Waals surface area contributed by atoms with Crippen molar-refractivity contribution in [3.63, 3.8) is 0 Å². The summed E-state index contributed by atoms with van der Waals surface area (Å²) < 4.78 is 18.3. The Morgan fingerprint density at radius 1 is 1.00 bits per heavy atom. The molecule has 0 saturated carbocycles. The van der Waals surface area contributed by atoms with Gasteiger partial charge in [-0.1, -0.05) is 25.1 Å². The van der Waals surface area contributed by atoms with E-state index in [9.17, 15) is 4.79 Å². The molecule has 184 valence electrons. The fraction of sp³-hybridized carbons (Fsp3) is 0.536. The molecule has 0 bridgehead atoms. The lowest BCUT2D eigenvalue weighted by molar-refractivity contribution is -0.916. The maximum atomic E-state index is 12.9. The lowest BCUT2D eigenvalue weighted by atomic mass is 10.0. The number of nitrogens with zero attached hydrogens (tertiary/aromatic N) is 1. The lowest BCUT2D eigenvalue weighted by Gasteiger charge is -2.36. The van der Waals surface area contributed by atoms with Crippen molar-refractivity contribution < 1.29 is 23.5 Å². The summed E-state index contributed by atoms with van der Waals surface area (Å²) in [6, 6.07) is 14.3. The maximum absolute atomic E-state index is 12.9. The number of fused-ring (bicyclic) bond motifs is 1. The zero-order chi connectivity index (χ0) is 23.8. The van der Waals surface area contributed by atoms with E-state index in [0.717, 1.165) is 53.2 Å². The number of likely N-dealkylation sites (tertiary alicyclic amines) is 1. The Hall–Kier alpha value is -2.73. The summed E-state index contributed by atoms with van der Waals surface area (Å²) in [6.07, 6.45) is 4.67. The van der Waals surface area contributed by atoms with E-state index in [4.69, 9.17) is 14.2 Å². The van der Waals surface area contributed by atoms with E-state index in [1.165, 1.54) is 31.5 Å². The van der Waals surface area contributed by atoms with Crippen LogP contribution < -0.4 is 19.5 Å². The van der Waals surface area contributed by atoms with Gasteiger partial charge in [-0.15, -0.1) is 0 Å². The molecular weight excluding hydrogens is 428 g/mol. The molecule has 0 spiro atoms. The van der Waals surface area contributed by atoms with Crippen LogP contribution in [0.2, 0.25) is 0 Å². The van der Waals surface area contributed by atoms with Crippen LogP contribution in [0.3, 0.4) is 0 Å². The van der Waals surface area contributed by atoms with Crippen molar-refractivity contribution in [2.24, 2.45) is 0 Å². The van der Waals surface area contributed by atoms with Crippen LogP contribution >= 0.6 is 0 Å². The third-order valence-electron chi connectivity index (χ3n) is 7.18. The summed E-state index contributed by atoms with van der Waals surface area (Å²) in [5.41, 5.74) is 2.44. The highest BCUT2D eigenvalue weighted by atomic mass is 16.6. The maximum Gasteiger partial charge on any atom is 0.223 e. The second-order valence-electron chi connectivity index (χ2n) is 9.54. The van der Waals surface area contributed by atoms with Crippen LogP contribution in [0, 0.1) is 0 Å². The number of hydrogen-bond acceptors (Lipinski definition) is 4. The Morgan fingerprint density at radius 3 is 2.41 bits per heavy atom. The van der Waals surface area contributed by atoms with Crippen molar-refractivity contribution in [2.75, 3.05) is 46.0 Å². The minimum Gasteiger partial charge on any atom is -0.493 e. The highest BCUT2D eigenvalue weighted by Gasteiger charge is 2.33. The van der Waals surface area contributed by atoms with Gasteiger partial charge in [0.15, 0.2) is 11.5 Å². The molecule has 34 heavy (non-hydrogen) atoms. The number of benzene rings is 2. The Kier molecular flexibility index (Phi) is 8.33. The van der Waals surface area contributed by atoms with Crippen LogP contribution in [-0.2, 0) is 17.6 Å². The molecule has 1 saturated heterocycles. The first kappa shape index (κ1) is 24.4. The zero-order valence-corrected chi connectivity index (χ0v) is 20.7. The third kappa shape index (κ3) is 6.44. The number of carbonyl (C=O) groups excluding carboxylic acids is 1. The molecule has 2 heterocycles. The number of quaternary nitrogens is 1. The van der Waals surface area contributed by atoms with E-state index < -0.39 is 0 Å². The van der Waals surface area contributed by atoms with Gasteiger partial charge in [-0.05, 0) is 55.2 Å². The molecular formula is C28H39N2O4+. The second kappa shape index (κ2) is 11.6. The van der Waals surface area contributed by atoms with Gasteiger partial charge in [0.25, 0.3) is 0 Å². The molecule has 6 nitrogen and oxygen atoms in total. The Bertz CT molecular complexity index is 938. The fourth-order valence-corrected chi connectivity index (χ4v) is 5.14. The van der Waals surface area contributed by atoms with Gasteiger partial charge in [-0.25, -0.2) is 0 Å². The van der Waals surface area contributed by atoms with Gasteiger partial charge in [0, 0.05) is 12.8 Å². The van der Waals surface area contributed by atoms with Crippen molar-refractivity contribution in [2.45, 2.75) is 52.0 Å². The molecule has 1 amide bonds. The molecule has 2 aliphatic rings. The number of ether oxygens (including phenoxy) is 3. The average Bonchev–Trinajstić information content (AvgIpc) is 3.33. The van der Waals surface area contributed by atoms with Gasteiger partial charge >= 0.3 is 0 Å². The van der Waals surface area contributed by atoms with Crippen molar-refractivity contribution in [3.05, 3.63) is 53.6 Å². The van der Waals surface area contributed by atoms with Gasteiger partial charge in [0.2, 0.25) is 5.91 Å². The standard InChI is InChI=1S/C28H38N2O4/c1-3-22-7-10-25(11-8-22)32-16-13-28(31)29-24(21-30(4-2)14-5-6-15-30)19-23-9-12-26-27(20-23)34-18-17-33-26/h7-12,20,24H,3-6,13-19,21H2,1-2H3/p+1. The predicted molar refractivity (Wildman–Crippen MR) is 134 cm³/mol. The summed E-state index contributed by atoms with van der Waals surface area (Å²) in [7, 11) is 0. The average molecular weight is 468 g/mol. The minimum atomic E-state index is 0.0428. The SMILES string of the molecule is CCc1ccc(OCCC(=O)NC(Cc2ccc3c(c2)OCCO3)C[N+]2(CC)CCCC2)cc1. The lowest BCUT2D eigenvalue weighted by Crippen LogP contribution is -2.55. The molecule has 2 aromatic carbocycles. The van der Waals surface area contributed by atoms with E-state index in [1.807, 2.05) is 18.2 Å². The normalized spacial score (nSPS) is 17.2. The number of hydrogen-bond donors (Lipinski definition) is 1. The molecule has 1 fully saturated rings. The molecule has 4 rings (SSSR count). The van der Waals surface area contributed by atoms with Crippen molar-refractivity contribution in [1.29, 1.82) is 0 Å². The van der Waals surface area contributed by atoms with Crippen LogP contribution in [0.25, 0.3) is 0 Å². The highest BCUT2D eigenvalue weighted by molar-refractivity contribution is 5.76. The van der Waals surface area contributed by atoms with Crippen LogP contribution in [0.15, 0.2) is 42.5 Å². The molecule has 0 radical (unpaired) electrons. The summed E-state index contributed by atoms with van der Waals surface area (Å²) >= 11 is 0. The second-order valence-corrected chi connectivity index (χ2v) is 9.54. The largest absolute Gasteiger partial charge is 0.493 e. The van der Waals surface area contributed by atoms with Crippen LogP contribution in [0.4, 0.5) is 0 Å². The van der Waals surface area contributed by atoms with Gasteiger partial charge in [-0.3, -0.25) is 4.79 Å². The summed E-state index contributed by atoms with van der Waals surface area (Å²) in [5, 5.41) is 3.33. The molecule has 1 N–H and O–H groups in total. The Balaban J connectivity index is 1.37. The number of carbonyl (C=O) groups is 1. The molecule has 1 unspecified atom stereocenters. The first-order valence-electron chi connectivity index (χ1n) is 12.8. The number of likely N-dealkylation sites (N-methyl/N-ethyl adjacent to an activating group) is 1. The molecule has 2 aliphatic heterocycles. The zero-order valence-electron chi connectivity index (χ0n) is 20.7. The van der Waals surface area contributed by atoms with E-state index in [1.54, 1.807) is 0 Å². The van der Waals surface area contributed by atoms with Crippen molar-refractivity contribution in [3.8, 4) is 17.2 Å². The summed E-state index contributed by atoms with van der Waals surface area (Å²) in [6.45, 7) is 10.4. The quantitative estimate of drug-likeness (QED) is 0.505. The van der Waals surface area contributed by atoms with Gasteiger partial charge in [-0.2, -0.15) is 0 Å². The molecule has 0 aliphatic carbocycles. The van der Waals surface area contributed by atoms with E-state index in [0.29, 0.717) is 26.2 Å². The summed E-state index contributed by atoms with van der Waals surface area (Å²) in [5.74, 6) is 2.46. The minimum absolute atomic E-state index is 0.0428. The van der Waals surface area contributed by atoms with Crippen LogP contribution in [0.1, 0.15) is 44.2 Å². The van der Waals surface area contributed by atoms with Gasteiger partial charge in [0.05, 0.1) is 45.2 Å². The molecule has 0 aromatic heterocycles. The van der Waals surface area contributed by atoms with E-state index >= 15 is 0 Å².